The molecule has 0 heterocycles. The number of methoxy groups -OCH3 is 1. The lowest BCUT2D eigenvalue weighted by Crippen LogP contribution is -2.37. The molecule has 0 radical (unpaired) electrons. The molecular formula is C8H17NO2. The molecule has 0 spiro atoms. The van der Waals surface area contributed by atoms with Crippen molar-refractivity contribution in [3.63, 3.8) is 0 Å². The van der Waals surface area contributed by atoms with Crippen LogP contribution in [0.5, 0.6) is 0 Å². The van der Waals surface area contributed by atoms with Gasteiger partial charge in [-0.25, -0.2) is 0 Å². The Hall–Kier alpha value is -0.380. The predicted octanol–water partition coefficient (Wildman–Crippen LogP) is 0.287. The van der Waals surface area contributed by atoms with E-state index in [9.17, 15) is 5.11 Å². The first-order valence-electron chi connectivity index (χ1n) is 3.81. The molecule has 0 aromatic rings. The van der Waals surface area contributed by atoms with E-state index < -0.39 is 6.10 Å². The average molecular weight is 159 g/mol. The zero-order valence-corrected chi connectivity index (χ0v) is 7.16. The van der Waals surface area contributed by atoms with E-state index in [2.05, 4.69) is 0 Å². The Balaban J connectivity index is 3.62. The van der Waals surface area contributed by atoms with Gasteiger partial charge in [0.05, 0.1) is 18.8 Å². The summed E-state index contributed by atoms with van der Waals surface area (Å²) in [5.41, 5.74) is 5.54. The molecule has 0 rings (SSSR count). The van der Waals surface area contributed by atoms with Gasteiger partial charge in [-0.05, 0) is 6.42 Å². The van der Waals surface area contributed by atoms with Crippen LogP contribution in [0.2, 0.25) is 0 Å². The van der Waals surface area contributed by atoms with Crippen molar-refractivity contribution in [1.82, 2.24) is 0 Å². The third kappa shape index (κ3) is 4.95. The van der Waals surface area contributed by atoms with E-state index in [1.807, 2.05) is 13.0 Å². The standard InChI is InChI=1S/C8H17NO2/c1-3-4-5-8(10)7(9)6-11-2/h4-5,7-8,10H,3,6,9H2,1-2H3/b5-4+. The van der Waals surface area contributed by atoms with Crippen molar-refractivity contribution in [1.29, 1.82) is 0 Å². The van der Waals surface area contributed by atoms with Crippen LogP contribution in [-0.2, 0) is 4.74 Å². The maximum atomic E-state index is 9.29. The second-order valence-electron chi connectivity index (χ2n) is 2.45. The molecule has 0 aromatic carbocycles. The Labute approximate surface area is 67.9 Å². The molecule has 0 aliphatic heterocycles. The monoisotopic (exact) mass is 159 g/mol. The highest BCUT2D eigenvalue weighted by Gasteiger charge is 2.09. The quantitative estimate of drug-likeness (QED) is 0.567. The molecule has 0 fully saturated rings. The molecule has 11 heavy (non-hydrogen) atoms. The average Bonchev–Trinajstić information content (AvgIpc) is 2.00. The van der Waals surface area contributed by atoms with Crippen LogP contribution in [-0.4, -0.2) is 31.0 Å². The summed E-state index contributed by atoms with van der Waals surface area (Å²) in [5, 5.41) is 9.29. The largest absolute Gasteiger partial charge is 0.387 e. The molecule has 0 saturated carbocycles. The predicted molar refractivity (Wildman–Crippen MR) is 45.3 cm³/mol. The van der Waals surface area contributed by atoms with Gasteiger partial charge in [-0.15, -0.1) is 0 Å². The number of hydrogen-bond donors (Lipinski definition) is 2. The second-order valence-corrected chi connectivity index (χ2v) is 2.45. The molecule has 0 aliphatic carbocycles. The minimum absolute atomic E-state index is 0.317. The van der Waals surface area contributed by atoms with Crippen LogP contribution in [0.3, 0.4) is 0 Å². The van der Waals surface area contributed by atoms with Crippen molar-refractivity contribution in [3.05, 3.63) is 12.2 Å². The van der Waals surface area contributed by atoms with Crippen LogP contribution in [0.15, 0.2) is 12.2 Å². The molecule has 0 amide bonds. The molecule has 0 saturated heterocycles. The molecule has 3 nitrogen and oxygen atoms in total. The third-order valence-electron chi connectivity index (χ3n) is 1.37. The van der Waals surface area contributed by atoms with Crippen LogP contribution < -0.4 is 5.73 Å². The van der Waals surface area contributed by atoms with Crippen LogP contribution in [0.1, 0.15) is 13.3 Å². The van der Waals surface area contributed by atoms with E-state index in [0.29, 0.717) is 6.61 Å². The maximum absolute atomic E-state index is 9.29. The van der Waals surface area contributed by atoms with Gasteiger partial charge in [0, 0.05) is 7.11 Å². The molecular weight excluding hydrogens is 142 g/mol. The molecule has 66 valence electrons. The maximum Gasteiger partial charge on any atom is 0.0894 e. The highest BCUT2D eigenvalue weighted by Crippen LogP contribution is 1.94. The lowest BCUT2D eigenvalue weighted by Gasteiger charge is -2.13. The van der Waals surface area contributed by atoms with E-state index in [0.717, 1.165) is 6.42 Å². The summed E-state index contributed by atoms with van der Waals surface area (Å²) >= 11 is 0. The lowest BCUT2D eigenvalue weighted by atomic mass is 10.1. The summed E-state index contributed by atoms with van der Waals surface area (Å²) in [4.78, 5) is 0. The van der Waals surface area contributed by atoms with Gasteiger partial charge in [0.15, 0.2) is 0 Å². The van der Waals surface area contributed by atoms with Crippen molar-refractivity contribution < 1.29 is 9.84 Å². The number of ether oxygens (including phenoxy) is 1. The Bertz CT molecular complexity index is 115. The number of nitrogens with two attached hydrogens (primary N) is 1. The van der Waals surface area contributed by atoms with Crippen LogP contribution in [0, 0.1) is 0 Å². The Morgan fingerprint density at radius 1 is 1.64 bits per heavy atom. The minimum Gasteiger partial charge on any atom is -0.387 e. The van der Waals surface area contributed by atoms with E-state index in [-0.39, 0.29) is 6.04 Å². The van der Waals surface area contributed by atoms with E-state index >= 15 is 0 Å². The first-order valence-corrected chi connectivity index (χ1v) is 3.81. The SMILES string of the molecule is CC/C=C/C(O)C(N)COC. The highest BCUT2D eigenvalue weighted by molar-refractivity contribution is 4.93. The third-order valence-corrected chi connectivity index (χ3v) is 1.37. The van der Waals surface area contributed by atoms with Gasteiger partial charge in [0.2, 0.25) is 0 Å². The number of rotatable bonds is 5. The van der Waals surface area contributed by atoms with Gasteiger partial charge in [-0.1, -0.05) is 19.1 Å². The number of aliphatic hydroxyl groups is 1. The fourth-order valence-electron chi connectivity index (χ4n) is 0.709. The smallest absolute Gasteiger partial charge is 0.0894 e. The number of hydrogen-bond acceptors (Lipinski definition) is 3. The van der Waals surface area contributed by atoms with Gasteiger partial charge in [0.1, 0.15) is 0 Å². The summed E-state index contributed by atoms with van der Waals surface area (Å²) in [7, 11) is 1.57. The lowest BCUT2D eigenvalue weighted by molar-refractivity contribution is 0.113. The Morgan fingerprint density at radius 2 is 2.27 bits per heavy atom. The molecule has 2 unspecified atom stereocenters. The summed E-state index contributed by atoms with van der Waals surface area (Å²) < 4.78 is 4.79. The van der Waals surface area contributed by atoms with Crippen molar-refractivity contribution >= 4 is 0 Å². The zero-order chi connectivity index (χ0) is 8.69. The molecule has 3 heteroatoms. The molecule has 0 aromatic heterocycles. The summed E-state index contributed by atoms with van der Waals surface area (Å²) in [6.45, 7) is 2.39. The number of allylic oxidation sites excluding steroid dienone is 1. The topological polar surface area (TPSA) is 55.5 Å². The van der Waals surface area contributed by atoms with Crippen molar-refractivity contribution in [2.45, 2.75) is 25.5 Å². The van der Waals surface area contributed by atoms with Crippen LogP contribution in [0.4, 0.5) is 0 Å². The molecule has 0 bridgehead atoms. The fourth-order valence-corrected chi connectivity index (χ4v) is 0.709. The summed E-state index contributed by atoms with van der Waals surface area (Å²) in [6, 6.07) is -0.317. The van der Waals surface area contributed by atoms with E-state index in [1.165, 1.54) is 0 Å². The second kappa shape index (κ2) is 6.34. The highest BCUT2D eigenvalue weighted by atomic mass is 16.5. The van der Waals surface area contributed by atoms with Gasteiger partial charge in [-0.3, -0.25) is 0 Å². The summed E-state index contributed by atoms with van der Waals surface area (Å²) in [5.74, 6) is 0. The normalized spacial score (nSPS) is 17.1. The minimum atomic E-state index is -0.588. The zero-order valence-electron chi connectivity index (χ0n) is 7.16. The molecule has 3 N–H and O–H groups in total. The number of aliphatic hydroxyl groups excluding tert-OH is 1. The van der Waals surface area contributed by atoms with Gasteiger partial charge in [0.25, 0.3) is 0 Å². The summed E-state index contributed by atoms with van der Waals surface area (Å²) in [6.07, 6.45) is 3.91. The fraction of sp³-hybridized carbons (Fsp3) is 0.750. The first-order chi connectivity index (χ1) is 5.22. The molecule has 2 atom stereocenters. The van der Waals surface area contributed by atoms with Gasteiger partial charge in [-0.2, -0.15) is 0 Å². The first kappa shape index (κ1) is 10.6. The van der Waals surface area contributed by atoms with Gasteiger partial charge < -0.3 is 15.6 Å². The molecule has 0 aliphatic rings. The van der Waals surface area contributed by atoms with Crippen LogP contribution >= 0.6 is 0 Å². The van der Waals surface area contributed by atoms with E-state index in [4.69, 9.17) is 10.5 Å². The van der Waals surface area contributed by atoms with Crippen LogP contribution in [0.25, 0.3) is 0 Å². The van der Waals surface area contributed by atoms with Crippen molar-refractivity contribution in [3.8, 4) is 0 Å². The Morgan fingerprint density at radius 3 is 2.73 bits per heavy atom. The van der Waals surface area contributed by atoms with Gasteiger partial charge >= 0.3 is 0 Å². The van der Waals surface area contributed by atoms with Crippen molar-refractivity contribution in [2.75, 3.05) is 13.7 Å². The van der Waals surface area contributed by atoms with E-state index in [1.54, 1.807) is 13.2 Å². The Kier molecular flexibility index (Phi) is 6.12. The van der Waals surface area contributed by atoms with Crippen molar-refractivity contribution in [2.24, 2.45) is 5.73 Å².